The molecule has 0 amide bonds. The van der Waals surface area contributed by atoms with Crippen LogP contribution in [0.25, 0.3) is 0 Å². The van der Waals surface area contributed by atoms with E-state index in [0.717, 1.165) is 19.8 Å². The average molecular weight is 188 g/mol. The minimum Gasteiger partial charge on any atom is -0.390 e. The van der Waals surface area contributed by atoms with Gasteiger partial charge in [-0.3, -0.25) is 4.90 Å². The van der Waals surface area contributed by atoms with Crippen LogP contribution in [0, 0.1) is 0 Å². The van der Waals surface area contributed by atoms with Gasteiger partial charge in [0, 0.05) is 25.2 Å². The SMILES string of the molecule is CC1COCCN1C(C)C(O)CN. The summed E-state index contributed by atoms with van der Waals surface area (Å²) in [5.74, 6) is 0. The van der Waals surface area contributed by atoms with Crippen LogP contribution in [0.15, 0.2) is 0 Å². The van der Waals surface area contributed by atoms with E-state index in [1.165, 1.54) is 0 Å². The Morgan fingerprint density at radius 3 is 2.92 bits per heavy atom. The van der Waals surface area contributed by atoms with E-state index in [9.17, 15) is 5.11 Å². The molecule has 0 saturated carbocycles. The Kier molecular flexibility index (Phi) is 4.12. The first-order valence-electron chi connectivity index (χ1n) is 4.88. The highest BCUT2D eigenvalue weighted by Crippen LogP contribution is 2.12. The van der Waals surface area contributed by atoms with E-state index in [2.05, 4.69) is 11.8 Å². The van der Waals surface area contributed by atoms with Gasteiger partial charge in [-0.05, 0) is 13.8 Å². The highest BCUT2D eigenvalue weighted by atomic mass is 16.5. The van der Waals surface area contributed by atoms with Gasteiger partial charge in [0.25, 0.3) is 0 Å². The van der Waals surface area contributed by atoms with Crippen LogP contribution in [0.2, 0.25) is 0 Å². The van der Waals surface area contributed by atoms with Crippen molar-refractivity contribution in [1.82, 2.24) is 4.90 Å². The number of hydrogen-bond donors (Lipinski definition) is 2. The number of aliphatic hydroxyl groups is 1. The van der Waals surface area contributed by atoms with Crippen LogP contribution < -0.4 is 5.73 Å². The highest BCUT2D eigenvalue weighted by molar-refractivity contribution is 4.81. The molecule has 0 spiro atoms. The van der Waals surface area contributed by atoms with Crippen LogP contribution in [0.1, 0.15) is 13.8 Å². The average Bonchev–Trinajstić information content (AvgIpc) is 2.16. The normalized spacial score (nSPS) is 30.0. The Labute approximate surface area is 79.7 Å². The monoisotopic (exact) mass is 188 g/mol. The fourth-order valence-electron chi connectivity index (χ4n) is 1.76. The van der Waals surface area contributed by atoms with Gasteiger partial charge in [0.15, 0.2) is 0 Å². The molecule has 4 heteroatoms. The molecular formula is C9H20N2O2. The summed E-state index contributed by atoms with van der Waals surface area (Å²) in [7, 11) is 0. The van der Waals surface area contributed by atoms with Crippen LogP contribution >= 0.6 is 0 Å². The first kappa shape index (κ1) is 10.9. The molecule has 0 bridgehead atoms. The Hall–Kier alpha value is -0.160. The molecule has 1 aliphatic rings. The quantitative estimate of drug-likeness (QED) is 0.622. The van der Waals surface area contributed by atoms with Gasteiger partial charge in [0.2, 0.25) is 0 Å². The topological polar surface area (TPSA) is 58.7 Å². The zero-order valence-corrected chi connectivity index (χ0v) is 8.44. The molecular weight excluding hydrogens is 168 g/mol. The second kappa shape index (κ2) is 4.91. The van der Waals surface area contributed by atoms with Gasteiger partial charge in [-0.1, -0.05) is 0 Å². The minimum atomic E-state index is -0.430. The predicted octanol–water partition coefficient (Wildman–Crippen LogP) is -0.585. The highest BCUT2D eigenvalue weighted by Gasteiger charge is 2.27. The van der Waals surface area contributed by atoms with Gasteiger partial charge in [-0.25, -0.2) is 0 Å². The Morgan fingerprint density at radius 2 is 2.38 bits per heavy atom. The van der Waals surface area contributed by atoms with Crippen molar-refractivity contribution in [3.8, 4) is 0 Å². The van der Waals surface area contributed by atoms with Crippen molar-refractivity contribution in [3.63, 3.8) is 0 Å². The van der Waals surface area contributed by atoms with Gasteiger partial charge in [0.1, 0.15) is 0 Å². The molecule has 13 heavy (non-hydrogen) atoms. The van der Waals surface area contributed by atoms with Gasteiger partial charge in [-0.15, -0.1) is 0 Å². The van der Waals surface area contributed by atoms with Crippen molar-refractivity contribution in [1.29, 1.82) is 0 Å². The van der Waals surface area contributed by atoms with E-state index in [0.29, 0.717) is 12.6 Å². The number of aliphatic hydroxyl groups excluding tert-OH is 1. The molecule has 0 aromatic rings. The second-order valence-corrected chi connectivity index (χ2v) is 3.71. The lowest BCUT2D eigenvalue weighted by molar-refractivity contribution is -0.0462. The molecule has 0 aromatic heterocycles. The summed E-state index contributed by atoms with van der Waals surface area (Å²) in [6, 6.07) is 0.508. The fraction of sp³-hybridized carbons (Fsp3) is 1.00. The zero-order chi connectivity index (χ0) is 9.84. The lowest BCUT2D eigenvalue weighted by atomic mass is 10.1. The standard InChI is InChI=1S/C9H20N2O2/c1-7-6-13-4-3-11(7)8(2)9(12)5-10/h7-9,12H,3-6,10H2,1-2H3. The van der Waals surface area contributed by atoms with E-state index in [1.54, 1.807) is 0 Å². The summed E-state index contributed by atoms with van der Waals surface area (Å²) in [6.07, 6.45) is -0.430. The third kappa shape index (κ3) is 2.64. The molecule has 1 heterocycles. The molecule has 4 nitrogen and oxygen atoms in total. The molecule has 1 rings (SSSR count). The van der Waals surface area contributed by atoms with E-state index >= 15 is 0 Å². The van der Waals surface area contributed by atoms with Crippen molar-refractivity contribution >= 4 is 0 Å². The molecule has 1 saturated heterocycles. The number of morpholine rings is 1. The maximum Gasteiger partial charge on any atom is 0.0814 e. The largest absolute Gasteiger partial charge is 0.390 e. The van der Waals surface area contributed by atoms with Crippen LogP contribution in [0.5, 0.6) is 0 Å². The molecule has 1 aliphatic heterocycles. The molecule has 3 N–H and O–H groups in total. The van der Waals surface area contributed by atoms with Crippen molar-refractivity contribution in [2.45, 2.75) is 32.0 Å². The first-order chi connectivity index (χ1) is 6.16. The van der Waals surface area contributed by atoms with Crippen LogP contribution in [0.4, 0.5) is 0 Å². The molecule has 0 radical (unpaired) electrons. The van der Waals surface area contributed by atoms with E-state index in [-0.39, 0.29) is 6.04 Å². The summed E-state index contributed by atoms with van der Waals surface area (Å²) in [6.45, 7) is 6.84. The summed E-state index contributed by atoms with van der Waals surface area (Å²) >= 11 is 0. The number of nitrogens with zero attached hydrogens (tertiary/aromatic N) is 1. The van der Waals surface area contributed by atoms with Gasteiger partial charge >= 0.3 is 0 Å². The molecule has 3 atom stereocenters. The molecule has 1 fully saturated rings. The number of nitrogens with two attached hydrogens (primary N) is 1. The van der Waals surface area contributed by atoms with Crippen LogP contribution in [-0.2, 0) is 4.74 Å². The van der Waals surface area contributed by atoms with Crippen LogP contribution in [-0.4, -0.2) is 54.5 Å². The van der Waals surface area contributed by atoms with Crippen LogP contribution in [0.3, 0.4) is 0 Å². The number of ether oxygens (including phenoxy) is 1. The third-order valence-corrected chi connectivity index (χ3v) is 2.74. The lowest BCUT2D eigenvalue weighted by Gasteiger charge is -2.39. The Bertz CT molecular complexity index is 155. The van der Waals surface area contributed by atoms with Gasteiger partial charge in [-0.2, -0.15) is 0 Å². The Morgan fingerprint density at radius 1 is 1.69 bits per heavy atom. The smallest absolute Gasteiger partial charge is 0.0814 e. The maximum atomic E-state index is 9.59. The maximum absolute atomic E-state index is 9.59. The lowest BCUT2D eigenvalue weighted by Crippen LogP contribution is -2.53. The predicted molar refractivity (Wildman–Crippen MR) is 51.5 cm³/mol. The zero-order valence-electron chi connectivity index (χ0n) is 8.44. The molecule has 3 unspecified atom stereocenters. The summed E-state index contributed by atoms with van der Waals surface area (Å²) in [5, 5.41) is 9.59. The number of hydrogen-bond acceptors (Lipinski definition) is 4. The van der Waals surface area contributed by atoms with E-state index < -0.39 is 6.10 Å². The molecule has 0 aliphatic carbocycles. The second-order valence-electron chi connectivity index (χ2n) is 3.71. The van der Waals surface area contributed by atoms with Crippen molar-refractivity contribution in [3.05, 3.63) is 0 Å². The van der Waals surface area contributed by atoms with Gasteiger partial charge < -0.3 is 15.6 Å². The molecule has 78 valence electrons. The summed E-state index contributed by atoms with van der Waals surface area (Å²) in [4.78, 5) is 2.25. The van der Waals surface area contributed by atoms with E-state index in [1.807, 2.05) is 6.92 Å². The minimum absolute atomic E-state index is 0.129. The van der Waals surface area contributed by atoms with Crippen molar-refractivity contribution < 1.29 is 9.84 Å². The van der Waals surface area contributed by atoms with Crippen molar-refractivity contribution in [2.24, 2.45) is 5.73 Å². The van der Waals surface area contributed by atoms with Crippen molar-refractivity contribution in [2.75, 3.05) is 26.3 Å². The summed E-state index contributed by atoms with van der Waals surface area (Å²) < 4.78 is 5.32. The summed E-state index contributed by atoms with van der Waals surface area (Å²) in [5.41, 5.74) is 5.42. The van der Waals surface area contributed by atoms with E-state index in [4.69, 9.17) is 10.5 Å². The third-order valence-electron chi connectivity index (χ3n) is 2.74. The molecule has 0 aromatic carbocycles. The Balaban J connectivity index is 2.47. The number of rotatable bonds is 3. The fourth-order valence-corrected chi connectivity index (χ4v) is 1.76. The first-order valence-corrected chi connectivity index (χ1v) is 4.88. The van der Waals surface area contributed by atoms with Gasteiger partial charge in [0.05, 0.1) is 19.3 Å².